The molecule has 1 aliphatic heterocycles. The molecular weight excluding hydrogens is 356 g/mol. The monoisotopic (exact) mass is 380 g/mol. The summed E-state index contributed by atoms with van der Waals surface area (Å²) in [7, 11) is 0. The fourth-order valence-corrected chi connectivity index (χ4v) is 3.13. The zero-order valence-electron chi connectivity index (χ0n) is 15.7. The number of nitro groups is 1. The Morgan fingerprint density at radius 2 is 1.79 bits per heavy atom. The van der Waals surface area contributed by atoms with Crippen molar-refractivity contribution in [1.29, 1.82) is 0 Å². The Hall–Kier alpha value is -3.19. The summed E-state index contributed by atoms with van der Waals surface area (Å²) in [5.74, 6) is 0. The van der Waals surface area contributed by atoms with Gasteiger partial charge in [0.15, 0.2) is 0 Å². The zero-order chi connectivity index (χ0) is 19.8. The van der Waals surface area contributed by atoms with E-state index in [2.05, 4.69) is 34.5 Å². The van der Waals surface area contributed by atoms with E-state index in [-0.39, 0.29) is 11.7 Å². The quantitative estimate of drug-likeness (QED) is 0.631. The number of hydrogen-bond donors (Lipinski definition) is 1. The van der Waals surface area contributed by atoms with Crippen molar-refractivity contribution >= 4 is 23.5 Å². The molecule has 2 aromatic carbocycles. The van der Waals surface area contributed by atoms with Crippen molar-refractivity contribution in [2.75, 3.05) is 38.0 Å². The van der Waals surface area contributed by atoms with Crippen molar-refractivity contribution in [3.05, 3.63) is 76.4 Å². The minimum atomic E-state index is -0.457. The third-order valence-electron chi connectivity index (χ3n) is 4.68. The molecule has 0 atom stereocenters. The maximum absolute atomic E-state index is 12.5. The first-order valence-corrected chi connectivity index (χ1v) is 9.36. The van der Waals surface area contributed by atoms with Gasteiger partial charge < -0.3 is 10.2 Å². The van der Waals surface area contributed by atoms with Crippen molar-refractivity contribution in [1.82, 2.24) is 9.80 Å². The van der Waals surface area contributed by atoms with E-state index in [4.69, 9.17) is 0 Å². The second-order valence-electron chi connectivity index (χ2n) is 6.69. The topological polar surface area (TPSA) is 78.7 Å². The van der Waals surface area contributed by atoms with E-state index >= 15 is 0 Å². The summed E-state index contributed by atoms with van der Waals surface area (Å²) in [5.41, 5.74) is 1.75. The molecular formula is C21H24N4O3. The highest BCUT2D eigenvalue weighted by atomic mass is 16.6. The number of rotatable bonds is 5. The maximum Gasteiger partial charge on any atom is 0.321 e. The Morgan fingerprint density at radius 1 is 1.04 bits per heavy atom. The summed E-state index contributed by atoms with van der Waals surface area (Å²) in [4.78, 5) is 26.9. The molecule has 2 aromatic rings. The van der Waals surface area contributed by atoms with Gasteiger partial charge in [-0.15, -0.1) is 0 Å². The summed E-state index contributed by atoms with van der Waals surface area (Å²) < 4.78 is 0. The summed E-state index contributed by atoms with van der Waals surface area (Å²) in [6.45, 7) is 3.95. The van der Waals surface area contributed by atoms with Crippen LogP contribution in [0.15, 0.2) is 60.7 Å². The first-order valence-electron chi connectivity index (χ1n) is 9.36. The summed E-state index contributed by atoms with van der Waals surface area (Å²) in [6.07, 6.45) is 5.18. The van der Waals surface area contributed by atoms with Crippen LogP contribution in [-0.4, -0.2) is 53.5 Å². The van der Waals surface area contributed by atoms with Gasteiger partial charge in [0.25, 0.3) is 5.69 Å². The van der Waals surface area contributed by atoms with Crippen molar-refractivity contribution in [3.63, 3.8) is 0 Å². The van der Waals surface area contributed by atoms with Gasteiger partial charge in [0.2, 0.25) is 0 Å². The van der Waals surface area contributed by atoms with E-state index in [0.717, 1.165) is 26.1 Å². The van der Waals surface area contributed by atoms with E-state index in [9.17, 15) is 14.9 Å². The third-order valence-corrected chi connectivity index (χ3v) is 4.68. The molecule has 1 saturated heterocycles. The number of nitro benzene ring substituents is 1. The number of benzene rings is 2. The lowest BCUT2D eigenvalue weighted by Gasteiger charge is -2.21. The standard InChI is InChI=1S/C21H24N4O3/c26-21(22-19-9-11-20(12-10-19)25(27)28)24-15-5-14-23(16-17-24)13-4-8-18-6-2-1-3-7-18/h1-4,6-12H,5,13-17H2,(H,22,26). The van der Waals surface area contributed by atoms with E-state index < -0.39 is 4.92 Å². The van der Waals surface area contributed by atoms with Crippen LogP contribution in [0.25, 0.3) is 6.08 Å². The Morgan fingerprint density at radius 3 is 2.50 bits per heavy atom. The summed E-state index contributed by atoms with van der Waals surface area (Å²) >= 11 is 0. The average Bonchev–Trinajstić information content (AvgIpc) is 2.95. The van der Waals surface area contributed by atoms with Gasteiger partial charge in [-0.3, -0.25) is 15.0 Å². The first-order chi connectivity index (χ1) is 13.6. The normalized spacial score (nSPS) is 15.4. The van der Waals surface area contributed by atoms with Crippen LogP contribution in [0.4, 0.5) is 16.2 Å². The number of carbonyl (C=O) groups is 1. The number of hydrogen-bond acceptors (Lipinski definition) is 4. The lowest BCUT2D eigenvalue weighted by molar-refractivity contribution is -0.384. The molecule has 1 fully saturated rings. The molecule has 3 rings (SSSR count). The SMILES string of the molecule is O=C(Nc1ccc([N+](=O)[O-])cc1)N1CCCN(CC=Cc2ccccc2)CC1. The Balaban J connectivity index is 1.48. The first kappa shape index (κ1) is 19.6. The molecule has 7 nitrogen and oxygen atoms in total. The van der Waals surface area contributed by atoms with Gasteiger partial charge in [-0.25, -0.2) is 4.79 Å². The van der Waals surface area contributed by atoms with Crippen LogP contribution in [0.2, 0.25) is 0 Å². The second kappa shape index (κ2) is 9.66. The number of nitrogens with one attached hydrogen (secondary N) is 1. The van der Waals surface area contributed by atoms with Crippen molar-refractivity contribution in [2.45, 2.75) is 6.42 Å². The highest BCUT2D eigenvalue weighted by Gasteiger charge is 2.18. The van der Waals surface area contributed by atoms with Crippen LogP contribution in [0.3, 0.4) is 0 Å². The van der Waals surface area contributed by atoms with Gasteiger partial charge in [0, 0.05) is 50.5 Å². The van der Waals surface area contributed by atoms with Gasteiger partial charge in [-0.05, 0) is 24.1 Å². The van der Waals surface area contributed by atoms with Crippen LogP contribution in [0.1, 0.15) is 12.0 Å². The predicted molar refractivity (Wildman–Crippen MR) is 110 cm³/mol. The lowest BCUT2D eigenvalue weighted by Crippen LogP contribution is -2.38. The molecule has 28 heavy (non-hydrogen) atoms. The average molecular weight is 380 g/mol. The van der Waals surface area contributed by atoms with E-state index in [1.165, 1.54) is 17.7 Å². The fourth-order valence-electron chi connectivity index (χ4n) is 3.13. The molecule has 146 valence electrons. The fraction of sp³-hybridized carbons (Fsp3) is 0.286. The molecule has 7 heteroatoms. The third kappa shape index (κ3) is 5.65. The molecule has 1 aliphatic rings. The van der Waals surface area contributed by atoms with E-state index in [0.29, 0.717) is 18.8 Å². The second-order valence-corrected chi connectivity index (χ2v) is 6.69. The van der Waals surface area contributed by atoms with Crippen LogP contribution < -0.4 is 5.32 Å². The molecule has 2 amide bonds. The van der Waals surface area contributed by atoms with Crippen LogP contribution >= 0.6 is 0 Å². The number of carbonyl (C=O) groups excluding carboxylic acids is 1. The predicted octanol–water partition coefficient (Wildman–Crippen LogP) is 3.85. The molecule has 0 aromatic heterocycles. The van der Waals surface area contributed by atoms with Crippen LogP contribution in [-0.2, 0) is 0 Å². The van der Waals surface area contributed by atoms with E-state index in [1.807, 2.05) is 18.2 Å². The summed E-state index contributed by atoms with van der Waals surface area (Å²) in [5, 5.41) is 13.5. The van der Waals surface area contributed by atoms with Crippen molar-refractivity contribution < 1.29 is 9.72 Å². The smallest absolute Gasteiger partial charge is 0.321 e. The minimum absolute atomic E-state index is 0.00645. The van der Waals surface area contributed by atoms with Gasteiger partial charge in [0.1, 0.15) is 0 Å². The molecule has 1 heterocycles. The number of amides is 2. The van der Waals surface area contributed by atoms with Crippen LogP contribution in [0, 0.1) is 10.1 Å². The van der Waals surface area contributed by atoms with Gasteiger partial charge in [-0.1, -0.05) is 42.5 Å². The Kier molecular flexibility index (Phi) is 6.75. The van der Waals surface area contributed by atoms with E-state index in [1.54, 1.807) is 17.0 Å². The van der Waals surface area contributed by atoms with Gasteiger partial charge in [-0.2, -0.15) is 0 Å². The molecule has 1 N–H and O–H groups in total. The number of urea groups is 1. The van der Waals surface area contributed by atoms with Gasteiger partial charge in [0.05, 0.1) is 4.92 Å². The Bertz CT molecular complexity index is 821. The molecule has 0 spiro atoms. The number of nitrogens with zero attached hydrogens (tertiary/aromatic N) is 3. The molecule has 0 bridgehead atoms. The maximum atomic E-state index is 12.5. The van der Waals surface area contributed by atoms with Gasteiger partial charge >= 0.3 is 6.03 Å². The van der Waals surface area contributed by atoms with Crippen molar-refractivity contribution in [3.8, 4) is 0 Å². The molecule has 0 saturated carbocycles. The Labute approximate surface area is 164 Å². The molecule has 0 unspecified atom stereocenters. The zero-order valence-corrected chi connectivity index (χ0v) is 15.7. The number of non-ortho nitro benzene ring substituents is 1. The van der Waals surface area contributed by atoms with Crippen molar-refractivity contribution in [2.24, 2.45) is 0 Å². The summed E-state index contributed by atoms with van der Waals surface area (Å²) in [6, 6.07) is 15.9. The highest BCUT2D eigenvalue weighted by molar-refractivity contribution is 5.89. The minimum Gasteiger partial charge on any atom is -0.323 e. The van der Waals surface area contributed by atoms with Crippen LogP contribution in [0.5, 0.6) is 0 Å². The lowest BCUT2D eigenvalue weighted by atomic mass is 10.2. The number of anilines is 1. The molecule has 0 aliphatic carbocycles. The largest absolute Gasteiger partial charge is 0.323 e. The highest BCUT2D eigenvalue weighted by Crippen LogP contribution is 2.16. The molecule has 0 radical (unpaired) electrons.